The molecular formula is C18H26N2O5. The summed E-state index contributed by atoms with van der Waals surface area (Å²) in [6, 6.07) is 6.31. The molecule has 7 nitrogen and oxygen atoms in total. The summed E-state index contributed by atoms with van der Waals surface area (Å²) in [6.07, 6.45) is 3.94. The first-order chi connectivity index (χ1) is 12.1. The second-order valence-electron chi connectivity index (χ2n) is 5.50. The topological polar surface area (TPSA) is 93.7 Å². The Bertz CT molecular complexity index is 557. The van der Waals surface area contributed by atoms with Crippen LogP contribution in [0.2, 0.25) is 0 Å². The molecule has 0 spiro atoms. The fourth-order valence-electron chi connectivity index (χ4n) is 1.89. The van der Waals surface area contributed by atoms with Crippen LogP contribution in [-0.2, 0) is 14.3 Å². The van der Waals surface area contributed by atoms with E-state index in [2.05, 4.69) is 17.8 Å². The lowest BCUT2D eigenvalue weighted by Crippen LogP contribution is -2.43. The van der Waals surface area contributed by atoms with Crippen molar-refractivity contribution in [1.29, 1.82) is 0 Å². The van der Waals surface area contributed by atoms with Gasteiger partial charge >= 0.3 is 5.97 Å². The Morgan fingerprint density at radius 1 is 0.920 bits per heavy atom. The van der Waals surface area contributed by atoms with Crippen molar-refractivity contribution in [2.75, 3.05) is 13.2 Å². The van der Waals surface area contributed by atoms with E-state index >= 15 is 0 Å². The minimum atomic E-state index is -0.463. The molecule has 0 aliphatic rings. The van der Waals surface area contributed by atoms with Crippen LogP contribution < -0.4 is 15.6 Å². The van der Waals surface area contributed by atoms with E-state index in [4.69, 9.17) is 9.47 Å². The molecular weight excluding hydrogens is 324 g/mol. The Hall–Kier alpha value is -2.57. The van der Waals surface area contributed by atoms with Gasteiger partial charge in [-0.05, 0) is 37.1 Å². The van der Waals surface area contributed by atoms with Gasteiger partial charge in [0, 0.05) is 6.42 Å². The van der Waals surface area contributed by atoms with E-state index in [-0.39, 0.29) is 12.5 Å². The van der Waals surface area contributed by atoms with E-state index in [9.17, 15) is 14.4 Å². The maximum Gasteiger partial charge on any atom is 0.338 e. The predicted octanol–water partition coefficient (Wildman–Crippen LogP) is 2.36. The summed E-state index contributed by atoms with van der Waals surface area (Å²) >= 11 is 0. The van der Waals surface area contributed by atoms with Crippen LogP contribution in [0.4, 0.5) is 0 Å². The Morgan fingerprint density at radius 2 is 1.60 bits per heavy atom. The second-order valence-corrected chi connectivity index (χ2v) is 5.50. The number of hydrazine groups is 1. The fourth-order valence-corrected chi connectivity index (χ4v) is 1.89. The van der Waals surface area contributed by atoms with E-state index in [1.165, 1.54) is 0 Å². The SMILES string of the molecule is CCCCCC(=O)NNC(=O)COc1ccc(C(=O)OCCC)cc1. The van der Waals surface area contributed by atoms with Gasteiger partial charge in [-0.1, -0.05) is 26.7 Å². The molecule has 0 aromatic heterocycles. The van der Waals surface area contributed by atoms with Crippen LogP contribution in [-0.4, -0.2) is 31.0 Å². The van der Waals surface area contributed by atoms with E-state index in [1.54, 1.807) is 24.3 Å². The quantitative estimate of drug-likeness (QED) is 0.384. The number of ether oxygens (including phenoxy) is 2. The van der Waals surface area contributed by atoms with Crippen molar-refractivity contribution in [3.8, 4) is 5.75 Å². The molecule has 1 aromatic carbocycles. The van der Waals surface area contributed by atoms with Crippen LogP contribution >= 0.6 is 0 Å². The lowest BCUT2D eigenvalue weighted by molar-refractivity contribution is -0.130. The molecule has 0 aliphatic carbocycles. The lowest BCUT2D eigenvalue weighted by Gasteiger charge is -2.09. The zero-order valence-corrected chi connectivity index (χ0v) is 14.8. The molecule has 138 valence electrons. The molecule has 2 amide bonds. The Balaban J connectivity index is 2.29. The molecule has 0 aliphatic heterocycles. The zero-order valence-electron chi connectivity index (χ0n) is 14.8. The van der Waals surface area contributed by atoms with Crippen molar-refractivity contribution < 1.29 is 23.9 Å². The fraction of sp³-hybridized carbons (Fsp3) is 0.500. The number of hydrogen-bond donors (Lipinski definition) is 2. The summed E-state index contributed by atoms with van der Waals surface area (Å²) in [5.74, 6) is -0.639. The number of unbranched alkanes of at least 4 members (excludes halogenated alkanes) is 2. The molecule has 0 fully saturated rings. The molecule has 1 rings (SSSR count). The van der Waals surface area contributed by atoms with Gasteiger partial charge in [-0.15, -0.1) is 0 Å². The van der Waals surface area contributed by atoms with Gasteiger partial charge in [0.05, 0.1) is 12.2 Å². The third-order valence-corrected chi connectivity index (χ3v) is 3.25. The highest BCUT2D eigenvalue weighted by Crippen LogP contribution is 2.13. The van der Waals surface area contributed by atoms with Gasteiger partial charge in [0.2, 0.25) is 5.91 Å². The maximum atomic E-state index is 11.7. The van der Waals surface area contributed by atoms with Gasteiger partial charge in [0.15, 0.2) is 6.61 Å². The molecule has 0 radical (unpaired) electrons. The lowest BCUT2D eigenvalue weighted by atomic mass is 10.2. The highest BCUT2D eigenvalue weighted by atomic mass is 16.5. The molecule has 0 heterocycles. The van der Waals surface area contributed by atoms with Crippen molar-refractivity contribution in [3.05, 3.63) is 29.8 Å². The molecule has 0 saturated heterocycles. The second kappa shape index (κ2) is 11.9. The third kappa shape index (κ3) is 8.74. The van der Waals surface area contributed by atoms with Crippen molar-refractivity contribution in [1.82, 2.24) is 10.9 Å². The largest absolute Gasteiger partial charge is 0.484 e. The summed E-state index contributed by atoms with van der Waals surface area (Å²) in [5, 5.41) is 0. The van der Waals surface area contributed by atoms with Gasteiger partial charge < -0.3 is 9.47 Å². The Kier molecular flexibility index (Phi) is 9.74. The monoisotopic (exact) mass is 350 g/mol. The number of amides is 2. The normalized spacial score (nSPS) is 10.0. The summed E-state index contributed by atoms with van der Waals surface area (Å²) in [4.78, 5) is 34.7. The predicted molar refractivity (Wildman–Crippen MR) is 92.9 cm³/mol. The molecule has 25 heavy (non-hydrogen) atoms. The Morgan fingerprint density at radius 3 is 2.24 bits per heavy atom. The number of benzene rings is 1. The van der Waals surface area contributed by atoms with Crippen molar-refractivity contribution in [3.63, 3.8) is 0 Å². The minimum absolute atomic E-state index is 0.225. The van der Waals surface area contributed by atoms with Gasteiger partial charge in [0.25, 0.3) is 5.91 Å². The van der Waals surface area contributed by atoms with Gasteiger partial charge in [-0.3, -0.25) is 20.4 Å². The summed E-state index contributed by atoms with van der Waals surface area (Å²) in [5.41, 5.74) is 5.06. The molecule has 0 unspecified atom stereocenters. The van der Waals surface area contributed by atoms with E-state index in [0.717, 1.165) is 25.7 Å². The highest BCUT2D eigenvalue weighted by molar-refractivity contribution is 5.89. The molecule has 0 atom stereocenters. The average molecular weight is 350 g/mol. The first kappa shape index (κ1) is 20.5. The summed E-state index contributed by atoms with van der Waals surface area (Å²) in [6.45, 7) is 4.11. The number of carbonyl (C=O) groups is 3. The van der Waals surface area contributed by atoms with E-state index in [0.29, 0.717) is 24.3 Å². The standard InChI is InChI=1S/C18H26N2O5/c1-3-5-6-7-16(21)19-20-17(22)13-25-15-10-8-14(9-11-15)18(23)24-12-4-2/h8-11H,3-7,12-13H2,1-2H3,(H,19,21)(H,20,22). The number of hydrogen-bond acceptors (Lipinski definition) is 5. The van der Waals surface area contributed by atoms with Crippen LogP contribution in [0.5, 0.6) is 5.75 Å². The summed E-state index contributed by atoms with van der Waals surface area (Å²) < 4.78 is 10.3. The maximum absolute atomic E-state index is 11.7. The van der Waals surface area contributed by atoms with Crippen LogP contribution in [0.1, 0.15) is 56.3 Å². The van der Waals surface area contributed by atoms with Crippen LogP contribution in [0, 0.1) is 0 Å². The molecule has 2 N–H and O–H groups in total. The van der Waals surface area contributed by atoms with Crippen LogP contribution in [0.3, 0.4) is 0 Å². The van der Waals surface area contributed by atoms with Gasteiger partial charge in [-0.2, -0.15) is 0 Å². The average Bonchev–Trinajstić information content (AvgIpc) is 2.63. The zero-order chi connectivity index (χ0) is 18.5. The Labute approximate surface area is 148 Å². The molecule has 0 saturated carbocycles. The molecule has 1 aromatic rings. The first-order valence-corrected chi connectivity index (χ1v) is 8.54. The van der Waals surface area contributed by atoms with Crippen molar-refractivity contribution >= 4 is 17.8 Å². The van der Waals surface area contributed by atoms with E-state index in [1.807, 2.05) is 6.92 Å². The molecule has 7 heteroatoms. The van der Waals surface area contributed by atoms with Crippen LogP contribution in [0.15, 0.2) is 24.3 Å². The number of carbonyl (C=O) groups excluding carboxylic acids is 3. The smallest absolute Gasteiger partial charge is 0.338 e. The van der Waals surface area contributed by atoms with Crippen LogP contribution in [0.25, 0.3) is 0 Å². The van der Waals surface area contributed by atoms with E-state index < -0.39 is 11.9 Å². The third-order valence-electron chi connectivity index (χ3n) is 3.25. The van der Waals surface area contributed by atoms with Gasteiger partial charge in [-0.25, -0.2) is 4.79 Å². The number of esters is 1. The number of rotatable bonds is 10. The number of nitrogens with one attached hydrogen (secondary N) is 2. The van der Waals surface area contributed by atoms with Gasteiger partial charge in [0.1, 0.15) is 5.75 Å². The summed E-state index contributed by atoms with van der Waals surface area (Å²) in [7, 11) is 0. The van der Waals surface area contributed by atoms with Crippen molar-refractivity contribution in [2.45, 2.75) is 46.0 Å². The molecule has 0 bridgehead atoms. The minimum Gasteiger partial charge on any atom is -0.484 e. The highest BCUT2D eigenvalue weighted by Gasteiger charge is 2.08. The van der Waals surface area contributed by atoms with Crippen molar-refractivity contribution in [2.24, 2.45) is 0 Å². The first-order valence-electron chi connectivity index (χ1n) is 8.54.